The van der Waals surface area contributed by atoms with Gasteiger partial charge in [-0.3, -0.25) is 0 Å². The van der Waals surface area contributed by atoms with E-state index in [4.69, 9.17) is 9.15 Å². The Morgan fingerprint density at radius 3 is 2.55 bits per heavy atom. The highest BCUT2D eigenvalue weighted by Gasteiger charge is 2.07. The van der Waals surface area contributed by atoms with Gasteiger partial charge < -0.3 is 14.5 Å². The summed E-state index contributed by atoms with van der Waals surface area (Å²) in [5.41, 5.74) is 2.48. The van der Waals surface area contributed by atoms with E-state index in [-0.39, 0.29) is 0 Å². The third kappa shape index (κ3) is 3.87. The lowest BCUT2D eigenvalue weighted by atomic mass is 10.0. The molecule has 0 saturated heterocycles. The molecule has 0 aliphatic carbocycles. The molecule has 2 rings (SSSR count). The fourth-order valence-corrected chi connectivity index (χ4v) is 2.01. The Kier molecular flexibility index (Phi) is 5.24. The van der Waals surface area contributed by atoms with Crippen LogP contribution >= 0.6 is 0 Å². The fourth-order valence-electron chi connectivity index (χ4n) is 2.01. The quantitative estimate of drug-likeness (QED) is 0.825. The monoisotopic (exact) mass is 273 g/mol. The van der Waals surface area contributed by atoms with Crippen molar-refractivity contribution in [2.75, 3.05) is 6.54 Å². The van der Waals surface area contributed by atoms with Crippen LogP contribution in [-0.4, -0.2) is 6.54 Å². The van der Waals surface area contributed by atoms with Gasteiger partial charge in [0.25, 0.3) is 0 Å². The summed E-state index contributed by atoms with van der Waals surface area (Å²) in [6.07, 6.45) is 1.72. The molecule has 1 heterocycles. The van der Waals surface area contributed by atoms with Crippen molar-refractivity contribution >= 4 is 0 Å². The van der Waals surface area contributed by atoms with Gasteiger partial charge >= 0.3 is 0 Å². The Hall–Kier alpha value is -1.74. The SMILES string of the molecule is CCNCc1ccoc1COc1ccc(C(C)C)cc1. The molecule has 3 heteroatoms. The number of benzene rings is 1. The maximum atomic E-state index is 5.78. The van der Waals surface area contributed by atoms with Crippen LogP contribution in [0.25, 0.3) is 0 Å². The molecule has 0 fully saturated rings. The van der Waals surface area contributed by atoms with Crippen molar-refractivity contribution in [1.29, 1.82) is 0 Å². The molecule has 108 valence electrons. The zero-order valence-corrected chi connectivity index (χ0v) is 12.5. The minimum absolute atomic E-state index is 0.467. The van der Waals surface area contributed by atoms with Crippen molar-refractivity contribution in [1.82, 2.24) is 5.32 Å². The average Bonchev–Trinajstić information content (AvgIpc) is 2.90. The van der Waals surface area contributed by atoms with Crippen molar-refractivity contribution in [2.45, 2.75) is 39.8 Å². The molecule has 0 unspecified atom stereocenters. The Morgan fingerprint density at radius 2 is 1.90 bits per heavy atom. The van der Waals surface area contributed by atoms with Crippen LogP contribution in [0, 0.1) is 0 Å². The second kappa shape index (κ2) is 7.15. The van der Waals surface area contributed by atoms with Gasteiger partial charge in [0, 0.05) is 12.1 Å². The lowest BCUT2D eigenvalue weighted by Crippen LogP contribution is -2.12. The minimum atomic E-state index is 0.467. The van der Waals surface area contributed by atoms with Gasteiger partial charge in [0.1, 0.15) is 18.1 Å². The molecule has 0 aliphatic heterocycles. The van der Waals surface area contributed by atoms with E-state index in [1.54, 1.807) is 6.26 Å². The molecule has 0 bridgehead atoms. The standard InChI is InChI=1S/C17H23NO2/c1-4-18-11-15-9-10-19-17(15)12-20-16-7-5-14(6-8-16)13(2)3/h5-10,13,18H,4,11-12H2,1-3H3. The molecule has 0 saturated carbocycles. The van der Waals surface area contributed by atoms with Crippen LogP contribution in [0.15, 0.2) is 41.0 Å². The zero-order chi connectivity index (χ0) is 14.4. The Balaban J connectivity index is 1.93. The van der Waals surface area contributed by atoms with E-state index in [1.807, 2.05) is 18.2 Å². The molecule has 0 radical (unpaired) electrons. The van der Waals surface area contributed by atoms with Crippen molar-refractivity contribution in [2.24, 2.45) is 0 Å². The highest BCUT2D eigenvalue weighted by molar-refractivity contribution is 5.29. The van der Waals surface area contributed by atoms with E-state index < -0.39 is 0 Å². The Morgan fingerprint density at radius 1 is 1.15 bits per heavy atom. The van der Waals surface area contributed by atoms with Crippen LogP contribution in [0.5, 0.6) is 5.75 Å². The molecule has 20 heavy (non-hydrogen) atoms. The first kappa shape index (κ1) is 14.7. The van der Waals surface area contributed by atoms with Crippen molar-refractivity contribution in [3.05, 3.63) is 53.5 Å². The highest BCUT2D eigenvalue weighted by Crippen LogP contribution is 2.20. The first-order chi connectivity index (χ1) is 9.70. The smallest absolute Gasteiger partial charge is 0.146 e. The molecule has 0 aliphatic rings. The van der Waals surface area contributed by atoms with Crippen LogP contribution in [0.2, 0.25) is 0 Å². The van der Waals surface area contributed by atoms with Gasteiger partial charge in [0.05, 0.1) is 6.26 Å². The lowest BCUT2D eigenvalue weighted by Gasteiger charge is -2.09. The van der Waals surface area contributed by atoms with E-state index >= 15 is 0 Å². The number of ether oxygens (including phenoxy) is 1. The van der Waals surface area contributed by atoms with Gasteiger partial charge in [0.2, 0.25) is 0 Å². The molecular weight excluding hydrogens is 250 g/mol. The van der Waals surface area contributed by atoms with Crippen molar-refractivity contribution in [3.8, 4) is 5.75 Å². The van der Waals surface area contributed by atoms with Crippen LogP contribution in [0.4, 0.5) is 0 Å². The minimum Gasteiger partial charge on any atom is -0.486 e. The summed E-state index contributed by atoms with van der Waals surface area (Å²) in [6, 6.07) is 10.2. The third-order valence-corrected chi connectivity index (χ3v) is 3.32. The molecule has 1 N–H and O–H groups in total. The summed E-state index contributed by atoms with van der Waals surface area (Å²) in [4.78, 5) is 0. The van der Waals surface area contributed by atoms with E-state index in [2.05, 4.69) is 38.2 Å². The summed E-state index contributed by atoms with van der Waals surface area (Å²) in [5.74, 6) is 2.31. The summed E-state index contributed by atoms with van der Waals surface area (Å²) < 4.78 is 11.3. The van der Waals surface area contributed by atoms with Gasteiger partial charge in [-0.1, -0.05) is 32.9 Å². The van der Waals surface area contributed by atoms with Gasteiger partial charge in [-0.05, 0) is 36.2 Å². The highest BCUT2D eigenvalue weighted by atomic mass is 16.5. The maximum absolute atomic E-state index is 5.78. The number of furan rings is 1. The van der Waals surface area contributed by atoms with Crippen LogP contribution in [0.1, 0.15) is 43.6 Å². The van der Waals surface area contributed by atoms with Gasteiger partial charge in [-0.15, -0.1) is 0 Å². The number of rotatable bonds is 7. The lowest BCUT2D eigenvalue weighted by molar-refractivity contribution is 0.268. The van der Waals surface area contributed by atoms with Crippen LogP contribution in [0.3, 0.4) is 0 Å². The predicted octanol–water partition coefficient (Wildman–Crippen LogP) is 4.09. The number of hydrogen-bond acceptors (Lipinski definition) is 3. The fraction of sp³-hybridized carbons (Fsp3) is 0.412. The third-order valence-electron chi connectivity index (χ3n) is 3.32. The Bertz CT molecular complexity index is 514. The molecule has 3 nitrogen and oxygen atoms in total. The summed E-state index contributed by atoms with van der Waals surface area (Å²) in [6.45, 7) is 8.69. The van der Waals surface area contributed by atoms with Crippen LogP contribution in [-0.2, 0) is 13.2 Å². The molecular formula is C17H23NO2. The number of hydrogen-bond donors (Lipinski definition) is 1. The summed E-state index contributed by atoms with van der Waals surface area (Å²) >= 11 is 0. The normalized spacial score (nSPS) is 11.0. The van der Waals surface area contributed by atoms with Crippen LogP contribution < -0.4 is 10.1 Å². The first-order valence-electron chi connectivity index (χ1n) is 7.19. The topological polar surface area (TPSA) is 34.4 Å². The molecule has 1 aromatic carbocycles. The van der Waals surface area contributed by atoms with E-state index in [0.717, 1.165) is 30.2 Å². The zero-order valence-electron chi connectivity index (χ0n) is 12.5. The molecule has 0 amide bonds. The second-order valence-electron chi connectivity index (χ2n) is 5.16. The van der Waals surface area contributed by atoms with E-state index in [1.165, 1.54) is 5.56 Å². The largest absolute Gasteiger partial charge is 0.486 e. The second-order valence-corrected chi connectivity index (χ2v) is 5.16. The van der Waals surface area contributed by atoms with Gasteiger partial charge in [-0.25, -0.2) is 0 Å². The van der Waals surface area contributed by atoms with E-state index in [0.29, 0.717) is 12.5 Å². The maximum Gasteiger partial charge on any atom is 0.146 e. The molecule has 0 spiro atoms. The average molecular weight is 273 g/mol. The molecule has 1 aromatic heterocycles. The van der Waals surface area contributed by atoms with Crippen molar-refractivity contribution < 1.29 is 9.15 Å². The van der Waals surface area contributed by atoms with Gasteiger partial charge in [0.15, 0.2) is 0 Å². The molecule has 0 atom stereocenters. The van der Waals surface area contributed by atoms with Crippen molar-refractivity contribution in [3.63, 3.8) is 0 Å². The molecule has 2 aromatic rings. The first-order valence-corrected chi connectivity index (χ1v) is 7.19. The number of nitrogens with one attached hydrogen (secondary N) is 1. The summed E-state index contributed by atoms with van der Waals surface area (Å²) in [5, 5.41) is 3.29. The Labute approximate surface area is 121 Å². The van der Waals surface area contributed by atoms with Gasteiger partial charge in [-0.2, -0.15) is 0 Å². The van der Waals surface area contributed by atoms with E-state index in [9.17, 15) is 0 Å². The summed E-state index contributed by atoms with van der Waals surface area (Å²) in [7, 11) is 0. The predicted molar refractivity (Wildman–Crippen MR) is 81.0 cm³/mol.